The standard InChI is InChI=1S/C11H10N6O2S/c1-18-8-3-7(13-5-14-8)10-16-9(19-17-10)2-6-4-20-11(12)15-6/h3-5H,2H2,1H3,(H2,12,15). The van der Waals surface area contributed by atoms with E-state index in [1.54, 1.807) is 6.07 Å². The normalized spacial score (nSPS) is 10.7. The monoisotopic (exact) mass is 290 g/mol. The number of thiazole rings is 1. The highest BCUT2D eigenvalue weighted by atomic mass is 32.1. The predicted molar refractivity (Wildman–Crippen MR) is 71.2 cm³/mol. The van der Waals surface area contributed by atoms with Gasteiger partial charge in [0, 0.05) is 11.4 Å². The van der Waals surface area contributed by atoms with Gasteiger partial charge in [-0.15, -0.1) is 11.3 Å². The summed E-state index contributed by atoms with van der Waals surface area (Å²) >= 11 is 1.37. The van der Waals surface area contributed by atoms with E-state index in [0.717, 1.165) is 5.69 Å². The smallest absolute Gasteiger partial charge is 0.233 e. The zero-order valence-corrected chi connectivity index (χ0v) is 11.3. The average molecular weight is 290 g/mol. The molecule has 0 amide bonds. The van der Waals surface area contributed by atoms with E-state index in [4.69, 9.17) is 15.0 Å². The van der Waals surface area contributed by atoms with Crippen LogP contribution in [0.4, 0.5) is 5.13 Å². The summed E-state index contributed by atoms with van der Waals surface area (Å²) in [5, 5.41) is 6.25. The topological polar surface area (TPSA) is 113 Å². The van der Waals surface area contributed by atoms with Crippen molar-refractivity contribution < 1.29 is 9.26 Å². The van der Waals surface area contributed by atoms with Crippen molar-refractivity contribution in [3.63, 3.8) is 0 Å². The number of nitrogens with two attached hydrogens (primary N) is 1. The van der Waals surface area contributed by atoms with E-state index in [-0.39, 0.29) is 0 Å². The summed E-state index contributed by atoms with van der Waals surface area (Å²) in [6.45, 7) is 0. The van der Waals surface area contributed by atoms with Crippen LogP contribution in [0.2, 0.25) is 0 Å². The summed E-state index contributed by atoms with van der Waals surface area (Å²) in [4.78, 5) is 16.4. The van der Waals surface area contributed by atoms with E-state index in [9.17, 15) is 0 Å². The minimum absolute atomic E-state index is 0.379. The lowest BCUT2D eigenvalue weighted by atomic mass is 10.3. The van der Waals surface area contributed by atoms with Crippen LogP contribution in [0.3, 0.4) is 0 Å². The second-order valence-electron chi connectivity index (χ2n) is 3.81. The Hall–Kier alpha value is -2.55. The van der Waals surface area contributed by atoms with Crippen molar-refractivity contribution in [3.05, 3.63) is 29.4 Å². The van der Waals surface area contributed by atoms with Gasteiger partial charge in [0.05, 0.1) is 19.2 Å². The van der Waals surface area contributed by atoms with Gasteiger partial charge in [-0.05, 0) is 0 Å². The first-order chi connectivity index (χ1) is 9.74. The fourth-order valence-corrected chi connectivity index (χ4v) is 2.13. The van der Waals surface area contributed by atoms with Crippen LogP contribution < -0.4 is 10.5 Å². The summed E-state index contributed by atoms with van der Waals surface area (Å²) in [5.74, 6) is 1.26. The van der Waals surface area contributed by atoms with Crippen LogP contribution in [-0.4, -0.2) is 32.2 Å². The molecular formula is C11H10N6O2S. The third kappa shape index (κ3) is 2.57. The SMILES string of the molecule is COc1cc(-c2noc(Cc3csc(N)n3)n2)ncn1. The Morgan fingerprint density at radius 3 is 3.00 bits per heavy atom. The molecule has 0 unspecified atom stereocenters. The highest BCUT2D eigenvalue weighted by Crippen LogP contribution is 2.18. The van der Waals surface area contributed by atoms with Crippen molar-refractivity contribution in [2.45, 2.75) is 6.42 Å². The van der Waals surface area contributed by atoms with Gasteiger partial charge in [0.1, 0.15) is 12.0 Å². The van der Waals surface area contributed by atoms with Crippen LogP contribution in [-0.2, 0) is 6.42 Å². The lowest BCUT2D eigenvalue weighted by Crippen LogP contribution is -1.93. The molecule has 0 aliphatic heterocycles. The van der Waals surface area contributed by atoms with Crippen LogP contribution in [0.1, 0.15) is 11.6 Å². The Bertz CT molecular complexity index is 725. The number of anilines is 1. The zero-order chi connectivity index (χ0) is 13.9. The van der Waals surface area contributed by atoms with Crippen molar-refractivity contribution in [2.24, 2.45) is 0 Å². The average Bonchev–Trinajstić information content (AvgIpc) is 3.09. The summed E-state index contributed by atoms with van der Waals surface area (Å²) in [6, 6.07) is 1.63. The molecule has 0 atom stereocenters. The van der Waals surface area contributed by atoms with Crippen LogP contribution in [0.25, 0.3) is 11.5 Å². The molecule has 20 heavy (non-hydrogen) atoms. The van der Waals surface area contributed by atoms with Crippen molar-refractivity contribution >= 4 is 16.5 Å². The number of ether oxygens (including phenoxy) is 1. The zero-order valence-electron chi connectivity index (χ0n) is 10.5. The van der Waals surface area contributed by atoms with Gasteiger partial charge in [-0.3, -0.25) is 0 Å². The Labute approximate surface area is 117 Å². The van der Waals surface area contributed by atoms with Gasteiger partial charge in [0.15, 0.2) is 5.13 Å². The summed E-state index contributed by atoms with van der Waals surface area (Å²) in [7, 11) is 1.53. The maximum atomic E-state index is 5.57. The first kappa shape index (κ1) is 12.5. The minimum Gasteiger partial charge on any atom is -0.481 e. The van der Waals surface area contributed by atoms with Crippen molar-refractivity contribution in [3.8, 4) is 17.4 Å². The third-order valence-electron chi connectivity index (χ3n) is 2.45. The van der Waals surface area contributed by atoms with Crippen molar-refractivity contribution in [2.75, 3.05) is 12.8 Å². The van der Waals surface area contributed by atoms with Gasteiger partial charge in [0.25, 0.3) is 0 Å². The molecular weight excluding hydrogens is 280 g/mol. The molecule has 9 heteroatoms. The Kier molecular flexibility index (Phi) is 3.25. The van der Waals surface area contributed by atoms with Crippen LogP contribution >= 0.6 is 11.3 Å². The second kappa shape index (κ2) is 5.21. The number of hydrogen-bond donors (Lipinski definition) is 1. The molecule has 0 radical (unpaired) electrons. The number of hydrogen-bond acceptors (Lipinski definition) is 9. The van der Waals surface area contributed by atoms with E-state index in [2.05, 4.69) is 25.1 Å². The molecule has 2 N–H and O–H groups in total. The number of nitrogens with zero attached hydrogens (tertiary/aromatic N) is 5. The fourth-order valence-electron chi connectivity index (χ4n) is 1.56. The quantitative estimate of drug-likeness (QED) is 0.761. The molecule has 0 aromatic carbocycles. The number of methoxy groups -OCH3 is 1. The van der Waals surface area contributed by atoms with Crippen LogP contribution in [0.15, 0.2) is 22.3 Å². The first-order valence-corrected chi connectivity index (χ1v) is 6.51. The Balaban J connectivity index is 1.82. The lowest BCUT2D eigenvalue weighted by molar-refractivity contribution is 0.384. The van der Waals surface area contributed by atoms with E-state index in [0.29, 0.717) is 34.8 Å². The van der Waals surface area contributed by atoms with Gasteiger partial charge in [-0.25, -0.2) is 15.0 Å². The molecule has 3 rings (SSSR count). The highest BCUT2D eigenvalue weighted by Gasteiger charge is 2.12. The van der Waals surface area contributed by atoms with Crippen molar-refractivity contribution in [1.29, 1.82) is 0 Å². The minimum atomic E-state index is 0.379. The predicted octanol–water partition coefficient (Wildman–Crippen LogP) is 1.16. The third-order valence-corrected chi connectivity index (χ3v) is 3.17. The molecule has 3 aromatic rings. The molecule has 0 fully saturated rings. The highest BCUT2D eigenvalue weighted by molar-refractivity contribution is 7.13. The first-order valence-electron chi connectivity index (χ1n) is 5.63. The van der Waals surface area contributed by atoms with Gasteiger partial charge < -0.3 is 15.0 Å². The van der Waals surface area contributed by atoms with Gasteiger partial charge in [-0.1, -0.05) is 5.16 Å². The van der Waals surface area contributed by atoms with Crippen LogP contribution in [0, 0.1) is 0 Å². The largest absolute Gasteiger partial charge is 0.481 e. The molecule has 0 spiro atoms. The number of aromatic nitrogens is 5. The maximum absolute atomic E-state index is 5.57. The molecule has 0 aliphatic carbocycles. The Morgan fingerprint density at radius 1 is 1.35 bits per heavy atom. The number of rotatable bonds is 4. The maximum Gasteiger partial charge on any atom is 0.233 e. The van der Waals surface area contributed by atoms with Gasteiger partial charge in [-0.2, -0.15) is 4.98 Å². The second-order valence-corrected chi connectivity index (χ2v) is 4.70. The molecule has 0 bridgehead atoms. The number of nitrogen functional groups attached to an aromatic ring is 1. The summed E-state index contributed by atoms with van der Waals surface area (Å²) in [5.41, 5.74) is 6.90. The van der Waals surface area contributed by atoms with E-state index < -0.39 is 0 Å². The van der Waals surface area contributed by atoms with Crippen molar-refractivity contribution in [1.82, 2.24) is 25.1 Å². The van der Waals surface area contributed by atoms with E-state index in [1.807, 2.05) is 5.38 Å². The van der Waals surface area contributed by atoms with Gasteiger partial charge in [0.2, 0.25) is 17.6 Å². The molecule has 3 heterocycles. The molecule has 0 saturated heterocycles. The summed E-state index contributed by atoms with van der Waals surface area (Å²) < 4.78 is 10.2. The lowest BCUT2D eigenvalue weighted by Gasteiger charge is -1.97. The Morgan fingerprint density at radius 2 is 2.25 bits per heavy atom. The fraction of sp³-hybridized carbons (Fsp3) is 0.182. The van der Waals surface area contributed by atoms with E-state index in [1.165, 1.54) is 24.8 Å². The summed E-state index contributed by atoms with van der Waals surface area (Å²) in [6.07, 6.45) is 1.81. The molecule has 8 nitrogen and oxygen atoms in total. The molecule has 102 valence electrons. The van der Waals surface area contributed by atoms with Crippen LogP contribution in [0.5, 0.6) is 5.88 Å². The molecule has 3 aromatic heterocycles. The van der Waals surface area contributed by atoms with Gasteiger partial charge >= 0.3 is 0 Å². The molecule has 0 saturated carbocycles. The van der Waals surface area contributed by atoms with E-state index >= 15 is 0 Å². The molecule has 0 aliphatic rings.